The third-order valence-electron chi connectivity index (χ3n) is 2.88. The van der Waals surface area contributed by atoms with Crippen LogP contribution in [0.4, 0.5) is 4.39 Å². The van der Waals surface area contributed by atoms with Crippen molar-refractivity contribution in [2.75, 3.05) is 7.11 Å². The second-order valence-corrected chi connectivity index (χ2v) is 3.81. The molecule has 0 amide bonds. The first-order chi connectivity index (χ1) is 8.31. The van der Waals surface area contributed by atoms with Crippen LogP contribution >= 0.6 is 0 Å². The maximum atomic E-state index is 13.7. The molecule has 84 valence electrons. The van der Waals surface area contributed by atoms with Gasteiger partial charge < -0.3 is 4.74 Å². The third kappa shape index (κ3) is 1.43. The first-order valence-corrected chi connectivity index (χ1v) is 5.31. The number of halogens is 1. The first-order valence-electron chi connectivity index (χ1n) is 5.31. The largest absolute Gasteiger partial charge is 0.496 e. The fraction of sp³-hybridized carbons (Fsp3) is 0.0714. The summed E-state index contributed by atoms with van der Waals surface area (Å²) in [7, 11) is 1.60. The van der Waals surface area contributed by atoms with Crippen molar-refractivity contribution >= 4 is 21.7 Å². The molecule has 2 aromatic carbocycles. The van der Waals surface area contributed by atoms with Crippen LogP contribution < -0.4 is 4.74 Å². The van der Waals surface area contributed by atoms with Crippen LogP contribution in [0.3, 0.4) is 0 Å². The Kier molecular flexibility index (Phi) is 2.18. The SMILES string of the molecule is COc1cccc2ncc3c(F)cccc3c12. The zero-order chi connectivity index (χ0) is 11.8. The Labute approximate surface area is 97.7 Å². The lowest BCUT2D eigenvalue weighted by Gasteiger charge is -2.08. The molecule has 0 aliphatic heterocycles. The van der Waals surface area contributed by atoms with Gasteiger partial charge in [-0.15, -0.1) is 0 Å². The van der Waals surface area contributed by atoms with Crippen molar-refractivity contribution in [1.29, 1.82) is 0 Å². The summed E-state index contributed by atoms with van der Waals surface area (Å²) < 4.78 is 19.0. The van der Waals surface area contributed by atoms with E-state index >= 15 is 0 Å². The molecule has 2 nitrogen and oxygen atoms in total. The van der Waals surface area contributed by atoms with Crippen molar-refractivity contribution in [3.05, 3.63) is 48.4 Å². The minimum atomic E-state index is -0.261. The molecule has 0 atom stereocenters. The predicted molar refractivity (Wildman–Crippen MR) is 65.8 cm³/mol. The Balaban J connectivity index is 2.58. The number of hydrogen-bond acceptors (Lipinski definition) is 2. The second-order valence-electron chi connectivity index (χ2n) is 3.81. The van der Waals surface area contributed by atoms with Crippen LogP contribution in [0, 0.1) is 5.82 Å². The third-order valence-corrected chi connectivity index (χ3v) is 2.88. The highest BCUT2D eigenvalue weighted by atomic mass is 19.1. The number of benzene rings is 2. The number of hydrogen-bond donors (Lipinski definition) is 0. The molecule has 0 aliphatic rings. The van der Waals surface area contributed by atoms with Crippen LogP contribution in [0.25, 0.3) is 21.7 Å². The fourth-order valence-electron chi connectivity index (χ4n) is 2.09. The molecule has 3 heteroatoms. The summed E-state index contributed by atoms with van der Waals surface area (Å²) in [4.78, 5) is 4.26. The van der Waals surface area contributed by atoms with Gasteiger partial charge in [-0.05, 0) is 23.6 Å². The van der Waals surface area contributed by atoms with Gasteiger partial charge in [-0.3, -0.25) is 4.98 Å². The molecule has 0 saturated heterocycles. The molecular weight excluding hydrogens is 217 g/mol. The van der Waals surface area contributed by atoms with E-state index in [1.807, 2.05) is 24.3 Å². The molecule has 1 aromatic heterocycles. The van der Waals surface area contributed by atoms with E-state index in [4.69, 9.17) is 4.74 Å². The number of fused-ring (bicyclic) bond motifs is 3. The van der Waals surface area contributed by atoms with Gasteiger partial charge in [0, 0.05) is 11.6 Å². The van der Waals surface area contributed by atoms with Gasteiger partial charge in [-0.1, -0.05) is 18.2 Å². The van der Waals surface area contributed by atoms with E-state index in [1.54, 1.807) is 19.4 Å². The van der Waals surface area contributed by atoms with E-state index in [0.717, 1.165) is 16.3 Å². The van der Waals surface area contributed by atoms with Gasteiger partial charge >= 0.3 is 0 Å². The normalized spacial score (nSPS) is 10.9. The molecular formula is C14H10FNO. The molecule has 3 aromatic rings. The number of aromatic nitrogens is 1. The van der Waals surface area contributed by atoms with E-state index in [-0.39, 0.29) is 5.82 Å². The molecule has 17 heavy (non-hydrogen) atoms. The topological polar surface area (TPSA) is 22.1 Å². The quantitative estimate of drug-likeness (QED) is 0.593. The van der Waals surface area contributed by atoms with Gasteiger partial charge in [0.2, 0.25) is 0 Å². The Morgan fingerprint density at radius 1 is 1.06 bits per heavy atom. The monoisotopic (exact) mass is 227 g/mol. The molecule has 0 spiro atoms. The van der Waals surface area contributed by atoms with Crippen LogP contribution in [-0.2, 0) is 0 Å². The van der Waals surface area contributed by atoms with E-state index < -0.39 is 0 Å². The number of nitrogens with zero attached hydrogens (tertiary/aromatic N) is 1. The molecule has 0 N–H and O–H groups in total. The average Bonchev–Trinajstić information content (AvgIpc) is 2.38. The van der Waals surface area contributed by atoms with Gasteiger partial charge in [0.1, 0.15) is 11.6 Å². The molecule has 0 unspecified atom stereocenters. The van der Waals surface area contributed by atoms with Crippen LogP contribution in [0.15, 0.2) is 42.6 Å². The molecule has 0 bridgehead atoms. The Morgan fingerprint density at radius 3 is 2.71 bits per heavy atom. The van der Waals surface area contributed by atoms with Crippen molar-refractivity contribution in [2.45, 2.75) is 0 Å². The highest BCUT2D eigenvalue weighted by molar-refractivity contribution is 6.08. The van der Waals surface area contributed by atoms with Crippen LogP contribution in [0.1, 0.15) is 0 Å². The van der Waals surface area contributed by atoms with E-state index in [2.05, 4.69) is 4.98 Å². The standard InChI is InChI=1S/C14H10FNO/c1-17-13-7-3-6-12-14(13)9-4-2-5-11(15)10(9)8-16-12/h2-8H,1H3. The van der Waals surface area contributed by atoms with E-state index in [9.17, 15) is 4.39 Å². The van der Waals surface area contributed by atoms with Crippen LogP contribution in [-0.4, -0.2) is 12.1 Å². The lowest BCUT2D eigenvalue weighted by molar-refractivity contribution is 0.420. The molecule has 3 rings (SSSR count). The molecule has 0 saturated carbocycles. The van der Waals surface area contributed by atoms with Crippen molar-refractivity contribution in [3.8, 4) is 5.75 Å². The second kappa shape index (κ2) is 3.70. The highest BCUT2D eigenvalue weighted by Gasteiger charge is 2.09. The van der Waals surface area contributed by atoms with E-state index in [1.165, 1.54) is 6.07 Å². The zero-order valence-electron chi connectivity index (χ0n) is 9.27. The highest BCUT2D eigenvalue weighted by Crippen LogP contribution is 2.31. The van der Waals surface area contributed by atoms with Crippen molar-refractivity contribution < 1.29 is 9.13 Å². The summed E-state index contributed by atoms with van der Waals surface area (Å²) in [6.07, 6.45) is 1.56. The zero-order valence-corrected chi connectivity index (χ0v) is 9.27. The van der Waals surface area contributed by atoms with Gasteiger partial charge in [0.05, 0.1) is 18.0 Å². The fourth-order valence-corrected chi connectivity index (χ4v) is 2.09. The van der Waals surface area contributed by atoms with Gasteiger partial charge in [-0.2, -0.15) is 0 Å². The summed E-state index contributed by atoms with van der Waals surface area (Å²) in [5, 5.41) is 2.20. The Bertz CT molecular complexity index is 709. The minimum Gasteiger partial charge on any atom is -0.496 e. The summed E-state index contributed by atoms with van der Waals surface area (Å²) in [6.45, 7) is 0. The molecule has 0 aliphatic carbocycles. The molecule has 0 fully saturated rings. The number of ether oxygens (including phenoxy) is 1. The lowest BCUT2D eigenvalue weighted by atomic mass is 10.1. The predicted octanol–water partition coefficient (Wildman–Crippen LogP) is 3.54. The maximum absolute atomic E-state index is 13.7. The van der Waals surface area contributed by atoms with E-state index in [0.29, 0.717) is 11.1 Å². The molecule has 1 heterocycles. The van der Waals surface area contributed by atoms with Gasteiger partial charge in [-0.25, -0.2) is 4.39 Å². The average molecular weight is 227 g/mol. The smallest absolute Gasteiger partial charge is 0.132 e. The lowest BCUT2D eigenvalue weighted by Crippen LogP contribution is -1.89. The summed E-state index contributed by atoms with van der Waals surface area (Å²) in [5.74, 6) is 0.453. The summed E-state index contributed by atoms with van der Waals surface area (Å²) in [6, 6.07) is 10.6. The van der Waals surface area contributed by atoms with Crippen molar-refractivity contribution in [2.24, 2.45) is 0 Å². The Hall–Kier alpha value is -2.16. The first kappa shape index (κ1) is 10.0. The number of rotatable bonds is 1. The number of pyridine rings is 1. The van der Waals surface area contributed by atoms with Crippen molar-refractivity contribution in [1.82, 2.24) is 4.98 Å². The summed E-state index contributed by atoms with van der Waals surface area (Å²) >= 11 is 0. The minimum absolute atomic E-state index is 0.261. The Morgan fingerprint density at radius 2 is 1.88 bits per heavy atom. The summed E-state index contributed by atoms with van der Waals surface area (Å²) in [5.41, 5.74) is 0.808. The van der Waals surface area contributed by atoms with Gasteiger partial charge in [0.25, 0.3) is 0 Å². The van der Waals surface area contributed by atoms with Crippen LogP contribution in [0.5, 0.6) is 5.75 Å². The molecule has 0 radical (unpaired) electrons. The maximum Gasteiger partial charge on any atom is 0.132 e. The van der Waals surface area contributed by atoms with Crippen molar-refractivity contribution in [3.63, 3.8) is 0 Å². The number of methoxy groups -OCH3 is 1. The van der Waals surface area contributed by atoms with Gasteiger partial charge in [0.15, 0.2) is 0 Å². The van der Waals surface area contributed by atoms with Crippen LogP contribution in [0.2, 0.25) is 0 Å².